The summed E-state index contributed by atoms with van der Waals surface area (Å²) in [7, 11) is 0. The van der Waals surface area contributed by atoms with Gasteiger partial charge in [-0.15, -0.1) is 11.8 Å². The van der Waals surface area contributed by atoms with Gasteiger partial charge in [-0.05, 0) is 67.9 Å². The van der Waals surface area contributed by atoms with Gasteiger partial charge in [-0.3, -0.25) is 4.79 Å². The molecule has 0 fully saturated rings. The van der Waals surface area contributed by atoms with Crippen molar-refractivity contribution >= 4 is 35.5 Å². The van der Waals surface area contributed by atoms with Crippen molar-refractivity contribution < 1.29 is 9.53 Å². The Labute approximate surface area is 151 Å². The molecule has 1 amide bonds. The van der Waals surface area contributed by atoms with Crippen LogP contribution in [0.5, 0.6) is 5.75 Å². The molecule has 2 rings (SSSR count). The lowest BCUT2D eigenvalue weighted by atomic mass is 10.2. The molecule has 4 nitrogen and oxygen atoms in total. The highest BCUT2D eigenvalue weighted by molar-refractivity contribution is 8.00. The van der Waals surface area contributed by atoms with Gasteiger partial charge in [-0.25, -0.2) is 5.43 Å². The third kappa shape index (κ3) is 6.64. The predicted molar refractivity (Wildman–Crippen MR) is 100 cm³/mol. The molecule has 126 valence electrons. The van der Waals surface area contributed by atoms with Crippen LogP contribution in [0.1, 0.15) is 19.4 Å². The van der Waals surface area contributed by atoms with Gasteiger partial charge in [0.15, 0.2) is 0 Å². The van der Waals surface area contributed by atoms with Crippen LogP contribution >= 0.6 is 23.4 Å². The van der Waals surface area contributed by atoms with Crippen molar-refractivity contribution in [2.75, 3.05) is 5.75 Å². The van der Waals surface area contributed by atoms with E-state index in [1.807, 2.05) is 50.2 Å². The number of rotatable bonds is 7. The summed E-state index contributed by atoms with van der Waals surface area (Å²) in [4.78, 5) is 12.7. The van der Waals surface area contributed by atoms with Gasteiger partial charge in [0.2, 0.25) is 5.91 Å². The molecule has 0 heterocycles. The van der Waals surface area contributed by atoms with Crippen LogP contribution in [0.3, 0.4) is 0 Å². The van der Waals surface area contributed by atoms with Gasteiger partial charge in [0.25, 0.3) is 0 Å². The van der Waals surface area contributed by atoms with E-state index in [1.54, 1.807) is 18.3 Å². The molecule has 0 aliphatic carbocycles. The summed E-state index contributed by atoms with van der Waals surface area (Å²) < 4.78 is 5.57. The largest absolute Gasteiger partial charge is 0.491 e. The molecular weight excluding hydrogens is 344 g/mol. The maximum absolute atomic E-state index is 11.8. The van der Waals surface area contributed by atoms with E-state index in [1.165, 1.54) is 11.8 Å². The topological polar surface area (TPSA) is 50.7 Å². The zero-order valence-electron chi connectivity index (χ0n) is 13.5. The van der Waals surface area contributed by atoms with Crippen molar-refractivity contribution in [1.29, 1.82) is 0 Å². The molecule has 0 aliphatic rings. The maximum Gasteiger partial charge on any atom is 0.250 e. The van der Waals surface area contributed by atoms with Crippen LogP contribution in [0.2, 0.25) is 5.02 Å². The Morgan fingerprint density at radius 3 is 2.50 bits per heavy atom. The summed E-state index contributed by atoms with van der Waals surface area (Å²) in [6.07, 6.45) is 1.74. The molecule has 2 aromatic carbocycles. The second-order valence-electron chi connectivity index (χ2n) is 5.27. The van der Waals surface area contributed by atoms with Crippen molar-refractivity contribution in [3.05, 3.63) is 59.1 Å². The van der Waals surface area contributed by atoms with Crippen molar-refractivity contribution in [2.24, 2.45) is 5.10 Å². The van der Waals surface area contributed by atoms with Crippen LogP contribution in [0, 0.1) is 0 Å². The fourth-order valence-electron chi connectivity index (χ4n) is 1.80. The predicted octanol–water partition coefficient (Wildman–Crippen LogP) is 4.37. The average molecular weight is 363 g/mol. The number of carbonyl (C=O) groups is 1. The highest BCUT2D eigenvalue weighted by Gasteiger charge is 2.02. The molecule has 0 atom stereocenters. The molecular formula is C18H19ClN2O2S. The Morgan fingerprint density at radius 2 is 1.88 bits per heavy atom. The first-order chi connectivity index (χ1) is 11.5. The van der Waals surface area contributed by atoms with Gasteiger partial charge < -0.3 is 4.74 Å². The number of nitrogens with zero attached hydrogens (tertiary/aromatic N) is 1. The zero-order chi connectivity index (χ0) is 17.4. The van der Waals surface area contributed by atoms with E-state index in [2.05, 4.69) is 10.5 Å². The lowest BCUT2D eigenvalue weighted by Gasteiger charge is -2.09. The van der Waals surface area contributed by atoms with Crippen LogP contribution in [-0.2, 0) is 4.79 Å². The summed E-state index contributed by atoms with van der Waals surface area (Å²) in [6, 6.07) is 14.9. The van der Waals surface area contributed by atoms with E-state index >= 15 is 0 Å². The van der Waals surface area contributed by atoms with Gasteiger partial charge in [-0.1, -0.05) is 11.6 Å². The van der Waals surface area contributed by atoms with Gasteiger partial charge in [0.05, 0.1) is 18.1 Å². The van der Waals surface area contributed by atoms with E-state index < -0.39 is 0 Å². The Morgan fingerprint density at radius 1 is 1.21 bits per heavy atom. The molecule has 0 aromatic heterocycles. The summed E-state index contributed by atoms with van der Waals surface area (Å²) >= 11 is 7.25. The van der Waals surface area contributed by atoms with Crippen LogP contribution in [0.25, 0.3) is 0 Å². The van der Waals surface area contributed by atoms with Gasteiger partial charge in [0.1, 0.15) is 5.75 Å². The number of benzene rings is 2. The van der Waals surface area contributed by atoms with Crippen LogP contribution in [0.4, 0.5) is 0 Å². The minimum Gasteiger partial charge on any atom is -0.491 e. The Balaban J connectivity index is 1.76. The third-order valence-electron chi connectivity index (χ3n) is 2.84. The number of hydrogen-bond donors (Lipinski definition) is 1. The fourth-order valence-corrected chi connectivity index (χ4v) is 2.61. The molecule has 0 unspecified atom stereocenters. The molecule has 0 saturated carbocycles. The van der Waals surface area contributed by atoms with E-state index in [4.69, 9.17) is 16.3 Å². The Kier molecular flexibility index (Phi) is 7.15. The number of ether oxygens (including phenoxy) is 1. The molecule has 6 heteroatoms. The molecule has 2 aromatic rings. The summed E-state index contributed by atoms with van der Waals surface area (Å²) in [5.74, 6) is 0.941. The first kappa shape index (κ1) is 18.4. The van der Waals surface area contributed by atoms with E-state index in [9.17, 15) is 4.79 Å². The monoisotopic (exact) mass is 362 g/mol. The number of amides is 1. The number of nitrogens with one attached hydrogen (secondary N) is 1. The Bertz CT molecular complexity index is 685. The summed E-state index contributed by atoms with van der Waals surface area (Å²) in [6.45, 7) is 3.96. The van der Waals surface area contributed by atoms with Gasteiger partial charge in [0, 0.05) is 9.92 Å². The minimum atomic E-state index is -0.161. The van der Waals surface area contributed by atoms with Crippen molar-refractivity contribution in [3.63, 3.8) is 0 Å². The highest BCUT2D eigenvalue weighted by Crippen LogP contribution is 2.19. The number of hydrazone groups is 1. The standard InChI is InChI=1S/C18H19ClN2O2S/c1-13(2)23-16-7-3-14(4-8-16)11-20-21-18(22)12-24-17-9-5-15(19)6-10-17/h3-11,13H,12H2,1-2H3,(H,21,22). The quantitative estimate of drug-likeness (QED) is 0.452. The summed E-state index contributed by atoms with van der Waals surface area (Å²) in [5, 5.41) is 4.64. The molecule has 0 aliphatic heterocycles. The van der Waals surface area contributed by atoms with Crippen LogP contribution in [0.15, 0.2) is 58.5 Å². The lowest BCUT2D eigenvalue weighted by molar-refractivity contribution is -0.118. The smallest absolute Gasteiger partial charge is 0.250 e. The maximum atomic E-state index is 11.8. The molecule has 0 radical (unpaired) electrons. The van der Waals surface area contributed by atoms with E-state index in [-0.39, 0.29) is 12.0 Å². The average Bonchev–Trinajstić information content (AvgIpc) is 2.55. The third-order valence-corrected chi connectivity index (χ3v) is 4.10. The minimum absolute atomic E-state index is 0.141. The van der Waals surface area contributed by atoms with Crippen LogP contribution < -0.4 is 10.2 Å². The number of hydrogen-bond acceptors (Lipinski definition) is 4. The van der Waals surface area contributed by atoms with Gasteiger partial charge in [-0.2, -0.15) is 5.10 Å². The normalized spacial score (nSPS) is 11.0. The zero-order valence-corrected chi connectivity index (χ0v) is 15.1. The molecule has 0 bridgehead atoms. The first-order valence-electron chi connectivity index (χ1n) is 7.50. The van der Waals surface area contributed by atoms with E-state index in [0.717, 1.165) is 16.2 Å². The number of halogens is 1. The molecule has 24 heavy (non-hydrogen) atoms. The highest BCUT2D eigenvalue weighted by atomic mass is 35.5. The second-order valence-corrected chi connectivity index (χ2v) is 6.76. The second kappa shape index (κ2) is 9.35. The van der Waals surface area contributed by atoms with Gasteiger partial charge >= 0.3 is 0 Å². The van der Waals surface area contributed by atoms with Crippen molar-refractivity contribution in [1.82, 2.24) is 5.43 Å². The fraction of sp³-hybridized carbons (Fsp3) is 0.222. The number of thioether (sulfide) groups is 1. The van der Waals surface area contributed by atoms with Crippen molar-refractivity contribution in [2.45, 2.75) is 24.8 Å². The lowest BCUT2D eigenvalue weighted by Crippen LogP contribution is -2.19. The summed E-state index contributed by atoms with van der Waals surface area (Å²) in [5.41, 5.74) is 3.40. The molecule has 0 spiro atoms. The van der Waals surface area contributed by atoms with Crippen LogP contribution in [-0.4, -0.2) is 24.0 Å². The van der Waals surface area contributed by atoms with Crippen molar-refractivity contribution in [3.8, 4) is 5.75 Å². The molecule has 0 saturated heterocycles. The Hall–Kier alpha value is -1.98. The first-order valence-corrected chi connectivity index (χ1v) is 8.86. The molecule has 1 N–H and O–H groups in total. The number of carbonyl (C=O) groups excluding carboxylic acids is 1. The van der Waals surface area contributed by atoms with E-state index in [0.29, 0.717) is 10.8 Å². The SMILES string of the molecule is CC(C)Oc1ccc(C=NNC(=O)CSc2ccc(Cl)cc2)cc1.